The summed E-state index contributed by atoms with van der Waals surface area (Å²) in [6, 6.07) is 5.21. The number of nitrogens with one attached hydrogen (secondary N) is 1. The van der Waals surface area contributed by atoms with Gasteiger partial charge in [-0.1, -0.05) is 19.9 Å². The van der Waals surface area contributed by atoms with Gasteiger partial charge in [-0.15, -0.1) is 0 Å². The molecule has 0 spiro atoms. The minimum Gasteiger partial charge on any atom is -0.380 e. The van der Waals surface area contributed by atoms with Crippen molar-refractivity contribution in [3.05, 3.63) is 33.9 Å². The van der Waals surface area contributed by atoms with Crippen molar-refractivity contribution in [2.75, 3.05) is 11.9 Å². The van der Waals surface area contributed by atoms with E-state index >= 15 is 0 Å². The van der Waals surface area contributed by atoms with Crippen LogP contribution in [0, 0.1) is 10.1 Å². The summed E-state index contributed by atoms with van der Waals surface area (Å²) < 4.78 is 5.59. The van der Waals surface area contributed by atoms with Crippen LogP contribution in [0.25, 0.3) is 0 Å². The molecule has 0 fully saturated rings. The lowest BCUT2D eigenvalue weighted by molar-refractivity contribution is -0.384. The third-order valence-electron chi connectivity index (χ3n) is 2.93. The molecule has 5 heteroatoms. The molecule has 1 unspecified atom stereocenters. The van der Waals surface area contributed by atoms with Crippen LogP contribution in [0.3, 0.4) is 0 Å². The highest BCUT2D eigenvalue weighted by molar-refractivity contribution is 5.62. The molecule has 5 nitrogen and oxygen atoms in total. The number of nitrogens with zero attached hydrogens (tertiary/aromatic N) is 1. The van der Waals surface area contributed by atoms with Gasteiger partial charge in [0.25, 0.3) is 5.69 Å². The van der Waals surface area contributed by atoms with E-state index in [0.29, 0.717) is 12.3 Å². The van der Waals surface area contributed by atoms with Crippen molar-refractivity contribution in [1.82, 2.24) is 0 Å². The van der Waals surface area contributed by atoms with Crippen molar-refractivity contribution in [3.8, 4) is 0 Å². The van der Waals surface area contributed by atoms with Crippen LogP contribution in [0.2, 0.25) is 0 Å². The Balaban J connectivity index is 2.80. The third-order valence-corrected chi connectivity index (χ3v) is 2.93. The van der Waals surface area contributed by atoms with E-state index in [0.717, 1.165) is 24.9 Å². The van der Waals surface area contributed by atoms with Crippen molar-refractivity contribution < 1.29 is 9.66 Å². The maximum Gasteiger partial charge on any atom is 0.292 e. The summed E-state index contributed by atoms with van der Waals surface area (Å²) in [5.41, 5.74) is 1.51. The van der Waals surface area contributed by atoms with E-state index in [9.17, 15) is 10.1 Å². The van der Waals surface area contributed by atoms with E-state index < -0.39 is 0 Å². The van der Waals surface area contributed by atoms with Crippen molar-refractivity contribution >= 4 is 11.4 Å². The van der Waals surface area contributed by atoms with Gasteiger partial charge in [0.2, 0.25) is 0 Å². The second-order valence-electron chi connectivity index (χ2n) is 4.57. The number of rotatable bonds is 8. The first-order valence-corrected chi connectivity index (χ1v) is 6.71. The molecule has 0 aliphatic heterocycles. The summed E-state index contributed by atoms with van der Waals surface area (Å²) in [5, 5.41) is 14.1. The van der Waals surface area contributed by atoms with Crippen molar-refractivity contribution in [2.24, 2.45) is 0 Å². The van der Waals surface area contributed by atoms with Crippen LogP contribution < -0.4 is 5.32 Å². The number of hydrogen-bond donors (Lipinski definition) is 1. The van der Waals surface area contributed by atoms with Gasteiger partial charge in [-0.2, -0.15) is 0 Å². The van der Waals surface area contributed by atoms with E-state index in [-0.39, 0.29) is 16.7 Å². The average Bonchev–Trinajstić information content (AvgIpc) is 2.42. The molecule has 0 radical (unpaired) electrons. The molecule has 0 aromatic heterocycles. The van der Waals surface area contributed by atoms with Gasteiger partial charge in [0.15, 0.2) is 0 Å². The van der Waals surface area contributed by atoms with Crippen LogP contribution in [0.15, 0.2) is 18.2 Å². The zero-order valence-electron chi connectivity index (χ0n) is 11.8. The Labute approximate surface area is 114 Å². The maximum absolute atomic E-state index is 11.1. The topological polar surface area (TPSA) is 64.4 Å². The lowest BCUT2D eigenvalue weighted by Gasteiger charge is -2.11. The van der Waals surface area contributed by atoms with Gasteiger partial charge in [0, 0.05) is 12.6 Å². The van der Waals surface area contributed by atoms with E-state index in [2.05, 4.69) is 5.32 Å². The van der Waals surface area contributed by atoms with E-state index in [1.165, 1.54) is 0 Å². The Morgan fingerprint density at radius 3 is 2.74 bits per heavy atom. The molecule has 0 aliphatic carbocycles. The molecular formula is C14H22N2O3. The van der Waals surface area contributed by atoms with Gasteiger partial charge < -0.3 is 10.1 Å². The second-order valence-corrected chi connectivity index (χ2v) is 4.57. The summed E-state index contributed by atoms with van der Waals surface area (Å²) in [6.45, 7) is 7.19. The Hall–Kier alpha value is -1.62. The van der Waals surface area contributed by atoms with Crippen LogP contribution in [-0.2, 0) is 11.3 Å². The number of hydrogen-bond acceptors (Lipinski definition) is 4. The molecule has 19 heavy (non-hydrogen) atoms. The smallest absolute Gasteiger partial charge is 0.292 e. The molecule has 0 bridgehead atoms. The Bertz CT molecular complexity index is 421. The summed E-state index contributed by atoms with van der Waals surface area (Å²) in [7, 11) is 0. The van der Waals surface area contributed by atoms with Gasteiger partial charge in [-0.25, -0.2) is 0 Å². The normalized spacial score (nSPS) is 12.2. The Morgan fingerprint density at radius 1 is 1.42 bits per heavy atom. The minimum absolute atomic E-state index is 0.110. The highest BCUT2D eigenvalue weighted by Gasteiger charge is 2.14. The van der Waals surface area contributed by atoms with E-state index in [4.69, 9.17) is 4.74 Å². The lowest BCUT2D eigenvalue weighted by Crippen LogP contribution is -2.07. The van der Waals surface area contributed by atoms with Crippen LogP contribution in [-0.4, -0.2) is 17.6 Å². The predicted octanol–water partition coefficient (Wildman–Crippen LogP) is 3.73. The summed E-state index contributed by atoms with van der Waals surface area (Å²) in [6.07, 6.45) is 2.02. The first kappa shape index (κ1) is 15.4. The minimum atomic E-state index is -0.356. The molecule has 0 amide bonds. The fraction of sp³-hybridized carbons (Fsp3) is 0.571. The van der Waals surface area contributed by atoms with Crippen LogP contribution in [0.1, 0.15) is 39.2 Å². The van der Waals surface area contributed by atoms with E-state index in [1.54, 1.807) is 12.1 Å². The molecule has 106 valence electrons. The monoisotopic (exact) mass is 266 g/mol. The predicted molar refractivity (Wildman–Crippen MR) is 76.4 cm³/mol. The summed E-state index contributed by atoms with van der Waals surface area (Å²) >= 11 is 0. The lowest BCUT2D eigenvalue weighted by atomic mass is 10.1. The van der Waals surface area contributed by atoms with Crippen molar-refractivity contribution in [3.63, 3.8) is 0 Å². The quantitative estimate of drug-likeness (QED) is 0.575. The molecule has 0 heterocycles. The molecule has 1 aromatic rings. The summed E-state index contributed by atoms with van der Waals surface area (Å²) in [4.78, 5) is 10.7. The Morgan fingerprint density at radius 2 is 2.16 bits per heavy atom. The third kappa shape index (κ3) is 4.87. The first-order chi connectivity index (χ1) is 9.08. The molecule has 0 saturated heterocycles. The van der Waals surface area contributed by atoms with Crippen LogP contribution in [0.4, 0.5) is 11.4 Å². The highest BCUT2D eigenvalue weighted by atomic mass is 16.6. The fourth-order valence-corrected chi connectivity index (χ4v) is 1.58. The standard InChI is InChI=1S/C14H22N2O3/c1-4-8-15-13-7-6-12(9-14(13)16(17)18)10-19-11(3)5-2/h6-7,9,11,15H,4-5,8,10H2,1-3H3. The van der Waals surface area contributed by atoms with Crippen molar-refractivity contribution in [1.29, 1.82) is 0 Å². The number of anilines is 1. The summed E-state index contributed by atoms with van der Waals surface area (Å²) in [5.74, 6) is 0. The molecule has 0 saturated carbocycles. The van der Waals surface area contributed by atoms with Gasteiger partial charge in [0.05, 0.1) is 17.6 Å². The van der Waals surface area contributed by atoms with Crippen LogP contribution in [0.5, 0.6) is 0 Å². The van der Waals surface area contributed by atoms with E-state index in [1.807, 2.05) is 26.8 Å². The Kier molecular flexibility index (Phi) is 6.29. The zero-order valence-corrected chi connectivity index (χ0v) is 11.8. The number of nitro benzene ring substituents is 1. The molecule has 1 rings (SSSR count). The SMILES string of the molecule is CCCNc1ccc(COC(C)CC)cc1[N+](=O)[O-]. The number of benzene rings is 1. The number of nitro groups is 1. The van der Waals surface area contributed by atoms with Gasteiger partial charge in [-0.3, -0.25) is 10.1 Å². The molecule has 0 aliphatic rings. The highest BCUT2D eigenvalue weighted by Crippen LogP contribution is 2.26. The van der Waals surface area contributed by atoms with Gasteiger partial charge >= 0.3 is 0 Å². The molecule has 1 aromatic carbocycles. The van der Waals surface area contributed by atoms with Gasteiger partial charge in [-0.05, 0) is 31.4 Å². The molecule has 1 N–H and O–H groups in total. The fourth-order valence-electron chi connectivity index (χ4n) is 1.58. The largest absolute Gasteiger partial charge is 0.380 e. The van der Waals surface area contributed by atoms with Crippen molar-refractivity contribution in [2.45, 2.75) is 46.3 Å². The second kappa shape index (κ2) is 7.74. The first-order valence-electron chi connectivity index (χ1n) is 6.71. The molecular weight excluding hydrogens is 244 g/mol. The zero-order chi connectivity index (χ0) is 14.3. The van der Waals surface area contributed by atoms with Gasteiger partial charge in [0.1, 0.15) is 5.69 Å². The van der Waals surface area contributed by atoms with Crippen LogP contribution >= 0.6 is 0 Å². The average molecular weight is 266 g/mol. The maximum atomic E-state index is 11.1. The number of ether oxygens (including phenoxy) is 1. The molecule has 1 atom stereocenters.